The van der Waals surface area contributed by atoms with Crippen LogP contribution in [0.5, 0.6) is 0 Å². The normalized spacial score (nSPS) is 15.9. The summed E-state index contributed by atoms with van der Waals surface area (Å²) in [6, 6.07) is 19.0. The zero-order valence-electron chi connectivity index (χ0n) is 13.1. The molecule has 0 atom stereocenters. The molecule has 0 spiro atoms. The lowest BCUT2D eigenvalue weighted by atomic mass is 10.0. The van der Waals surface area contributed by atoms with E-state index < -0.39 is 0 Å². The van der Waals surface area contributed by atoms with Crippen molar-refractivity contribution in [3.8, 4) is 0 Å². The molecule has 0 saturated heterocycles. The first-order chi connectivity index (χ1) is 11.3. The standard InChI is InChI=1S/C20H21NO2/c22-11-10-21-20(8-9-20)17-7-6-16-13-18(23-19(16)14-17)12-15-4-2-1-3-5-15/h1-7,13-14,21-22H,8-12H2. The van der Waals surface area contributed by atoms with E-state index in [1.807, 2.05) is 6.07 Å². The van der Waals surface area contributed by atoms with E-state index in [2.05, 4.69) is 53.8 Å². The summed E-state index contributed by atoms with van der Waals surface area (Å²) in [6.07, 6.45) is 3.06. The molecule has 2 aromatic carbocycles. The summed E-state index contributed by atoms with van der Waals surface area (Å²) in [6.45, 7) is 0.807. The highest BCUT2D eigenvalue weighted by atomic mass is 16.3. The second-order valence-electron chi connectivity index (χ2n) is 6.36. The maximum Gasteiger partial charge on any atom is 0.134 e. The van der Waals surface area contributed by atoms with Crippen LogP contribution >= 0.6 is 0 Å². The average molecular weight is 307 g/mol. The van der Waals surface area contributed by atoms with Gasteiger partial charge in [-0.3, -0.25) is 0 Å². The Hall–Kier alpha value is -2.10. The lowest BCUT2D eigenvalue weighted by Crippen LogP contribution is -2.31. The average Bonchev–Trinajstić information content (AvgIpc) is 3.26. The van der Waals surface area contributed by atoms with E-state index >= 15 is 0 Å². The zero-order chi connectivity index (χ0) is 15.7. The van der Waals surface area contributed by atoms with E-state index in [9.17, 15) is 0 Å². The van der Waals surface area contributed by atoms with Gasteiger partial charge in [-0.15, -0.1) is 0 Å². The molecular weight excluding hydrogens is 286 g/mol. The smallest absolute Gasteiger partial charge is 0.134 e. The summed E-state index contributed by atoms with van der Waals surface area (Å²) in [5.41, 5.74) is 3.52. The maximum absolute atomic E-state index is 9.04. The van der Waals surface area contributed by atoms with Gasteiger partial charge in [-0.25, -0.2) is 0 Å². The fraction of sp³-hybridized carbons (Fsp3) is 0.300. The van der Waals surface area contributed by atoms with Crippen molar-refractivity contribution >= 4 is 11.0 Å². The SMILES string of the molecule is OCCNC1(c2ccc3cc(Cc4ccccc4)oc3c2)CC1. The molecule has 1 heterocycles. The lowest BCUT2D eigenvalue weighted by molar-refractivity contribution is 0.281. The summed E-state index contributed by atoms with van der Waals surface area (Å²) in [5, 5.41) is 13.6. The molecule has 0 aliphatic heterocycles. The third-order valence-corrected chi connectivity index (χ3v) is 4.67. The number of benzene rings is 2. The number of hydrogen-bond donors (Lipinski definition) is 2. The van der Waals surface area contributed by atoms with Crippen molar-refractivity contribution in [1.29, 1.82) is 0 Å². The number of aliphatic hydroxyl groups excluding tert-OH is 1. The summed E-state index contributed by atoms with van der Waals surface area (Å²) in [7, 11) is 0. The number of fused-ring (bicyclic) bond motifs is 1. The Morgan fingerprint density at radius 3 is 2.61 bits per heavy atom. The van der Waals surface area contributed by atoms with Crippen LogP contribution in [0.25, 0.3) is 11.0 Å². The van der Waals surface area contributed by atoms with Crippen LogP contribution in [-0.4, -0.2) is 18.3 Å². The van der Waals surface area contributed by atoms with Gasteiger partial charge in [0.1, 0.15) is 11.3 Å². The Morgan fingerprint density at radius 1 is 1.04 bits per heavy atom. The van der Waals surface area contributed by atoms with E-state index in [1.54, 1.807) is 0 Å². The van der Waals surface area contributed by atoms with Crippen LogP contribution in [0, 0.1) is 0 Å². The highest BCUT2D eigenvalue weighted by molar-refractivity contribution is 5.79. The van der Waals surface area contributed by atoms with Crippen molar-refractivity contribution in [2.45, 2.75) is 24.8 Å². The molecule has 3 nitrogen and oxygen atoms in total. The number of hydrogen-bond acceptors (Lipinski definition) is 3. The Morgan fingerprint density at radius 2 is 1.87 bits per heavy atom. The minimum absolute atomic E-state index is 0.0449. The highest BCUT2D eigenvalue weighted by Gasteiger charge is 2.43. The van der Waals surface area contributed by atoms with Gasteiger partial charge in [0.25, 0.3) is 0 Å². The second kappa shape index (κ2) is 5.84. The van der Waals surface area contributed by atoms with Crippen molar-refractivity contribution < 1.29 is 9.52 Å². The van der Waals surface area contributed by atoms with Gasteiger partial charge in [0, 0.05) is 23.9 Å². The minimum Gasteiger partial charge on any atom is -0.461 e. The number of rotatable bonds is 6. The molecule has 1 saturated carbocycles. The van der Waals surface area contributed by atoms with Crippen molar-refractivity contribution in [2.24, 2.45) is 0 Å². The Bertz CT molecular complexity index is 803. The third-order valence-electron chi connectivity index (χ3n) is 4.67. The first-order valence-corrected chi connectivity index (χ1v) is 8.22. The topological polar surface area (TPSA) is 45.4 Å². The van der Waals surface area contributed by atoms with E-state index in [0.717, 1.165) is 36.0 Å². The molecular formula is C20H21NO2. The monoisotopic (exact) mass is 307 g/mol. The van der Waals surface area contributed by atoms with Crippen molar-refractivity contribution in [1.82, 2.24) is 5.32 Å². The first-order valence-electron chi connectivity index (χ1n) is 8.22. The summed E-state index contributed by atoms with van der Waals surface area (Å²) < 4.78 is 6.06. The van der Waals surface area contributed by atoms with E-state index in [0.29, 0.717) is 6.54 Å². The van der Waals surface area contributed by atoms with Crippen LogP contribution < -0.4 is 5.32 Å². The van der Waals surface area contributed by atoms with Crippen LogP contribution in [0.1, 0.15) is 29.7 Å². The van der Waals surface area contributed by atoms with Gasteiger partial charge in [-0.05, 0) is 36.1 Å². The Labute approximate surface area is 135 Å². The Kier molecular flexibility index (Phi) is 3.68. The Balaban J connectivity index is 1.60. The maximum atomic E-state index is 9.04. The molecule has 1 aromatic heterocycles. The van der Waals surface area contributed by atoms with Crippen LogP contribution in [0.15, 0.2) is 59.0 Å². The molecule has 3 aromatic rings. The molecule has 1 fully saturated rings. The summed E-state index contributed by atoms with van der Waals surface area (Å²) in [5.74, 6) is 0.997. The van der Waals surface area contributed by atoms with E-state index in [4.69, 9.17) is 9.52 Å². The van der Waals surface area contributed by atoms with Gasteiger partial charge in [-0.2, -0.15) is 0 Å². The quantitative estimate of drug-likeness (QED) is 0.731. The van der Waals surface area contributed by atoms with Crippen molar-refractivity contribution in [3.63, 3.8) is 0 Å². The number of furan rings is 1. The third kappa shape index (κ3) is 2.90. The number of nitrogens with one attached hydrogen (secondary N) is 1. The van der Waals surface area contributed by atoms with Gasteiger partial charge >= 0.3 is 0 Å². The molecule has 0 bridgehead atoms. The molecule has 3 heteroatoms. The van der Waals surface area contributed by atoms with E-state index in [1.165, 1.54) is 11.1 Å². The first kappa shape index (κ1) is 14.5. The summed E-state index contributed by atoms with van der Waals surface area (Å²) >= 11 is 0. The molecule has 0 amide bonds. The molecule has 0 radical (unpaired) electrons. The van der Waals surface area contributed by atoms with Gasteiger partial charge in [0.15, 0.2) is 0 Å². The van der Waals surface area contributed by atoms with Crippen LogP contribution in [0.2, 0.25) is 0 Å². The molecule has 2 N–H and O–H groups in total. The van der Waals surface area contributed by atoms with Crippen LogP contribution in [0.3, 0.4) is 0 Å². The van der Waals surface area contributed by atoms with Gasteiger partial charge in [0.05, 0.1) is 6.61 Å². The lowest BCUT2D eigenvalue weighted by Gasteiger charge is -2.17. The summed E-state index contributed by atoms with van der Waals surface area (Å²) in [4.78, 5) is 0. The molecule has 1 aliphatic rings. The highest BCUT2D eigenvalue weighted by Crippen LogP contribution is 2.46. The van der Waals surface area contributed by atoms with Gasteiger partial charge in [0.2, 0.25) is 0 Å². The fourth-order valence-electron chi connectivity index (χ4n) is 3.26. The molecule has 1 aliphatic carbocycles. The van der Waals surface area contributed by atoms with Crippen molar-refractivity contribution in [3.05, 3.63) is 71.5 Å². The molecule has 4 rings (SSSR count). The fourth-order valence-corrected chi connectivity index (χ4v) is 3.26. The second-order valence-corrected chi connectivity index (χ2v) is 6.36. The minimum atomic E-state index is 0.0449. The van der Waals surface area contributed by atoms with Crippen LogP contribution in [0.4, 0.5) is 0 Å². The van der Waals surface area contributed by atoms with Gasteiger partial charge in [-0.1, -0.05) is 42.5 Å². The van der Waals surface area contributed by atoms with Crippen LogP contribution in [-0.2, 0) is 12.0 Å². The molecule has 23 heavy (non-hydrogen) atoms. The number of aliphatic hydroxyl groups is 1. The molecule has 0 unspecified atom stereocenters. The zero-order valence-corrected chi connectivity index (χ0v) is 13.1. The van der Waals surface area contributed by atoms with E-state index in [-0.39, 0.29) is 12.1 Å². The largest absolute Gasteiger partial charge is 0.461 e. The molecule has 118 valence electrons. The van der Waals surface area contributed by atoms with Crippen molar-refractivity contribution in [2.75, 3.05) is 13.2 Å². The predicted molar refractivity (Wildman–Crippen MR) is 91.5 cm³/mol. The van der Waals surface area contributed by atoms with Gasteiger partial charge < -0.3 is 14.8 Å². The predicted octanol–water partition coefficient (Wildman–Crippen LogP) is 3.59.